The highest BCUT2D eigenvalue weighted by atomic mass is 32.2. The SMILES string of the molecule is CCCS(=O)(=O)CCOC1(CN)CCCC(C)C1. The average Bonchev–Trinajstić information content (AvgIpc) is 2.28. The molecule has 2 N–H and O–H groups in total. The van der Waals surface area contributed by atoms with E-state index in [1.54, 1.807) is 0 Å². The normalized spacial score (nSPS) is 29.4. The Labute approximate surface area is 111 Å². The minimum absolute atomic E-state index is 0.122. The minimum atomic E-state index is -2.95. The molecule has 0 amide bonds. The molecular formula is C13H27NO3S. The van der Waals surface area contributed by atoms with Crippen LogP contribution in [0.2, 0.25) is 0 Å². The third kappa shape index (κ3) is 4.86. The number of hydrogen-bond donors (Lipinski definition) is 1. The van der Waals surface area contributed by atoms with Crippen molar-refractivity contribution in [1.82, 2.24) is 0 Å². The van der Waals surface area contributed by atoms with Crippen molar-refractivity contribution in [3.63, 3.8) is 0 Å². The Kier molecular flexibility index (Phi) is 6.08. The van der Waals surface area contributed by atoms with Crippen molar-refractivity contribution in [2.75, 3.05) is 24.7 Å². The molecule has 5 heteroatoms. The molecule has 0 aliphatic heterocycles. The molecule has 1 aliphatic rings. The molecule has 2 atom stereocenters. The predicted molar refractivity (Wildman–Crippen MR) is 74.3 cm³/mol. The van der Waals surface area contributed by atoms with Crippen LogP contribution in [-0.4, -0.2) is 38.7 Å². The van der Waals surface area contributed by atoms with Crippen LogP contribution in [0.1, 0.15) is 46.0 Å². The summed E-state index contributed by atoms with van der Waals surface area (Å²) in [5.74, 6) is 0.994. The van der Waals surface area contributed by atoms with E-state index < -0.39 is 9.84 Å². The largest absolute Gasteiger partial charge is 0.373 e. The average molecular weight is 277 g/mol. The van der Waals surface area contributed by atoms with Crippen LogP contribution in [0.3, 0.4) is 0 Å². The van der Waals surface area contributed by atoms with Crippen LogP contribution in [0.5, 0.6) is 0 Å². The zero-order valence-corrected chi connectivity index (χ0v) is 12.5. The van der Waals surface area contributed by atoms with Crippen molar-refractivity contribution in [1.29, 1.82) is 0 Å². The summed E-state index contributed by atoms with van der Waals surface area (Å²) in [6.07, 6.45) is 4.93. The summed E-state index contributed by atoms with van der Waals surface area (Å²) in [6.45, 7) is 4.86. The lowest BCUT2D eigenvalue weighted by molar-refractivity contribution is -0.0679. The van der Waals surface area contributed by atoms with Crippen molar-refractivity contribution in [3.05, 3.63) is 0 Å². The van der Waals surface area contributed by atoms with Gasteiger partial charge in [0, 0.05) is 12.3 Å². The Morgan fingerprint density at radius 2 is 2.11 bits per heavy atom. The number of nitrogens with two attached hydrogens (primary N) is 1. The first-order chi connectivity index (χ1) is 8.43. The summed E-state index contributed by atoms with van der Waals surface area (Å²) in [4.78, 5) is 0. The van der Waals surface area contributed by atoms with Crippen LogP contribution in [0.25, 0.3) is 0 Å². The Balaban J connectivity index is 2.45. The summed E-state index contributed by atoms with van der Waals surface area (Å²) in [5, 5.41) is 0. The molecule has 0 aromatic rings. The van der Waals surface area contributed by atoms with Crippen molar-refractivity contribution in [3.8, 4) is 0 Å². The van der Waals surface area contributed by atoms with Crippen LogP contribution in [-0.2, 0) is 14.6 Å². The summed E-state index contributed by atoms with van der Waals surface area (Å²) >= 11 is 0. The van der Waals surface area contributed by atoms with E-state index in [1.165, 1.54) is 6.42 Å². The van der Waals surface area contributed by atoms with Crippen LogP contribution < -0.4 is 5.73 Å². The molecule has 0 heterocycles. The molecule has 0 spiro atoms. The van der Waals surface area contributed by atoms with Crippen LogP contribution in [0.4, 0.5) is 0 Å². The van der Waals surface area contributed by atoms with Crippen molar-refractivity contribution in [2.45, 2.75) is 51.6 Å². The fourth-order valence-electron chi connectivity index (χ4n) is 2.79. The Hall–Kier alpha value is -0.130. The van der Waals surface area contributed by atoms with Gasteiger partial charge in [-0.3, -0.25) is 0 Å². The van der Waals surface area contributed by atoms with Gasteiger partial charge in [0.2, 0.25) is 0 Å². The summed E-state index contributed by atoms with van der Waals surface area (Å²) < 4.78 is 29.1. The van der Waals surface area contributed by atoms with Crippen molar-refractivity contribution >= 4 is 9.84 Å². The monoisotopic (exact) mass is 277 g/mol. The third-order valence-electron chi connectivity index (χ3n) is 3.74. The highest BCUT2D eigenvalue weighted by molar-refractivity contribution is 7.91. The molecule has 1 rings (SSSR count). The molecule has 0 radical (unpaired) electrons. The van der Waals surface area contributed by atoms with E-state index in [2.05, 4.69) is 6.92 Å². The Morgan fingerprint density at radius 3 is 2.67 bits per heavy atom. The summed E-state index contributed by atoms with van der Waals surface area (Å²) in [5.41, 5.74) is 5.56. The standard InChI is InChI=1S/C13H27NO3S/c1-3-8-18(15,16)9-7-17-13(11-14)6-4-5-12(2)10-13/h12H,3-11,14H2,1-2H3. The van der Waals surface area contributed by atoms with Gasteiger partial charge in [-0.15, -0.1) is 0 Å². The van der Waals surface area contributed by atoms with Crippen LogP contribution in [0, 0.1) is 5.92 Å². The van der Waals surface area contributed by atoms with Gasteiger partial charge in [0.1, 0.15) is 0 Å². The van der Waals surface area contributed by atoms with Gasteiger partial charge in [-0.05, 0) is 25.2 Å². The molecule has 1 aliphatic carbocycles. The number of rotatable bonds is 7. The first kappa shape index (κ1) is 15.9. The first-order valence-electron chi connectivity index (χ1n) is 6.97. The van der Waals surface area contributed by atoms with E-state index in [-0.39, 0.29) is 23.7 Å². The molecule has 0 aromatic carbocycles. The van der Waals surface area contributed by atoms with E-state index in [0.717, 1.165) is 19.3 Å². The topological polar surface area (TPSA) is 69.4 Å². The fraction of sp³-hybridized carbons (Fsp3) is 1.00. The smallest absolute Gasteiger partial charge is 0.152 e. The highest BCUT2D eigenvalue weighted by Crippen LogP contribution is 2.34. The van der Waals surface area contributed by atoms with Gasteiger partial charge in [-0.2, -0.15) is 0 Å². The number of ether oxygens (including phenoxy) is 1. The van der Waals surface area contributed by atoms with Crippen molar-refractivity contribution in [2.24, 2.45) is 11.7 Å². The van der Waals surface area contributed by atoms with E-state index in [4.69, 9.17) is 10.5 Å². The van der Waals surface area contributed by atoms with E-state index in [0.29, 0.717) is 18.9 Å². The van der Waals surface area contributed by atoms with Gasteiger partial charge in [0.25, 0.3) is 0 Å². The van der Waals surface area contributed by atoms with Gasteiger partial charge in [-0.1, -0.05) is 26.7 Å². The zero-order valence-electron chi connectivity index (χ0n) is 11.7. The van der Waals surface area contributed by atoms with Gasteiger partial charge in [0.15, 0.2) is 9.84 Å². The third-order valence-corrected chi connectivity index (χ3v) is 5.56. The van der Waals surface area contributed by atoms with Gasteiger partial charge >= 0.3 is 0 Å². The molecule has 2 unspecified atom stereocenters. The maximum Gasteiger partial charge on any atom is 0.152 e. The number of sulfone groups is 1. The Bertz CT molecular complexity index is 342. The zero-order chi connectivity index (χ0) is 13.6. The maximum atomic E-state index is 11.6. The predicted octanol–water partition coefficient (Wildman–Crippen LogP) is 1.74. The van der Waals surface area contributed by atoms with Crippen LogP contribution in [0.15, 0.2) is 0 Å². The molecule has 18 heavy (non-hydrogen) atoms. The quantitative estimate of drug-likeness (QED) is 0.769. The lowest BCUT2D eigenvalue weighted by atomic mass is 9.79. The molecule has 1 fully saturated rings. The fourth-order valence-corrected chi connectivity index (χ4v) is 3.95. The van der Waals surface area contributed by atoms with E-state index in [9.17, 15) is 8.42 Å². The lowest BCUT2D eigenvalue weighted by Gasteiger charge is -2.39. The van der Waals surface area contributed by atoms with E-state index >= 15 is 0 Å². The second-order valence-electron chi connectivity index (χ2n) is 5.59. The number of hydrogen-bond acceptors (Lipinski definition) is 4. The molecule has 108 valence electrons. The lowest BCUT2D eigenvalue weighted by Crippen LogP contribution is -2.45. The highest BCUT2D eigenvalue weighted by Gasteiger charge is 2.34. The first-order valence-corrected chi connectivity index (χ1v) is 8.79. The molecule has 4 nitrogen and oxygen atoms in total. The maximum absolute atomic E-state index is 11.6. The van der Waals surface area contributed by atoms with Gasteiger partial charge in [0.05, 0.1) is 18.0 Å². The molecule has 0 bridgehead atoms. The second kappa shape index (κ2) is 6.87. The van der Waals surface area contributed by atoms with Crippen LogP contribution >= 0.6 is 0 Å². The molecule has 1 saturated carbocycles. The molecule has 0 saturated heterocycles. The summed E-state index contributed by atoms with van der Waals surface area (Å²) in [6, 6.07) is 0. The summed E-state index contributed by atoms with van der Waals surface area (Å²) in [7, 11) is -2.95. The Morgan fingerprint density at radius 1 is 1.39 bits per heavy atom. The van der Waals surface area contributed by atoms with Gasteiger partial charge < -0.3 is 10.5 Å². The van der Waals surface area contributed by atoms with Crippen molar-refractivity contribution < 1.29 is 13.2 Å². The molecule has 0 aromatic heterocycles. The van der Waals surface area contributed by atoms with Gasteiger partial charge in [-0.25, -0.2) is 8.42 Å². The minimum Gasteiger partial charge on any atom is -0.373 e. The molecular weight excluding hydrogens is 250 g/mol. The second-order valence-corrected chi connectivity index (χ2v) is 7.89. The van der Waals surface area contributed by atoms with E-state index in [1.807, 2.05) is 6.92 Å².